The number of aliphatic hydroxyl groups is 1. The van der Waals surface area contributed by atoms with Gasteiger partial charge in [0, 0.05) is 24.7 Å². The van der Waals surface area contributed by atoms with Crippen molar-refractivity contribution in [2.45, 2.75) is 45.1 Å². The summed E-state index contributed by atoms with van der Waals surface area (Å²) in [6, 6.07) is 5.63. The lowest BCUT2D eigenvalue weighted by molar-refractivity contribution is -0.178. The molecule has 0 spiro atoms. The monoisotopic (exact) mass is 426 g/mol. The first kappa shape index (κ1) is 21.4. The Balaban J connectivity index is 1.46. The van der Waals surface area contributed by atoms with Crippen molar-refractivity contribution in [3.8, 4) is 0 Å². The average Bonchev–Trinajstić information content (AvgIpc) is 3.30. The number of hydrogen-bond acceptors (Lipinski definition) is 8. The van der Waals surface area contributed by atoms with Crippen molar-refractivity contribution < 1.29 is 24.2 Å². The van der Waals surface area contributed by atoms with Crippen LogP contribution in [0.25, 0.3) is 0 Å². The van der Waals surface area contributed by atoms with Crippen LogP contribution in [0.4, 0.5) is 0 Å². The van der Waals surface area contributed by atoms with E-state index in [4.69, 9.17) is 14.3 Å². The maximum absolute atomic E-state index is 12.5. The Hall–Kier alpha value is -2.88. The van der Waals surface area contributed by atoms with Crippen LogP contribution in [-0.2, 0) is 20.9 Å². The highest BCUT2D eigenvalue weighted by Gasteiger charge is 2.35. The van der Waals surface area contributed by atoms with Gasteiger partial charge in [0.1, 0.15) is 24.2 Å². The quantitative estimate of drug-likeness (QED) is 0.715. The van der Waals surface area contributed by atoms with Crippen molar-refractivity contribution in [2.75, 3.05) is 19.8 Å². The van der Waals surface area contributed by atoms with Gasteiger partial charge in [-0.2, -0.15) is 0 Å². The van der Waals surface area contributed by atoms with Gasteiger partial charge in [0.2, 0.25) is 0 Å². The van der Waals surface area contributed by atoms with E-state index in [1.165, 1.54) is 12.5 Å². The van der Waals surface area contributed by atoms with Crippen LogP contribution >= 0.6 is 0 Å². The maximum atomic E-state index is 12.5. The van der Waals surface area contributed by atoms with Crippen molar-refractivity contribution in [2.24, 2.45) is 5.16 Å². The molecule has 31 heavy (non-hydrogen) atoms. The third-order valence-electron chi connectivity index (χ3n) is 5.72. The maximum Gasteiger partial charge on any atom is 0.270 e. The van der Waals surface area contributed by atoms with Crippen LogP contribution in [0.3, 0.4) is 0 Å². The van der Waals surface area contributed by atoms with Crippen LogP contribution in [-0.4, -0.2) is 64.8 Å². The largest absolute Gasteiger partial charge is 0.394 e. The molecule has 1 amide bonds. The predicted octanol–water partition coefficient (Wildman–Crippen LogP) is 1.29. The molecule has 0 unspecified atom stereocenters. The zero-order valence-electron chi connectivity index (χ0n) is 17.6. The number of aliphatic hydroxyl groups excluding tert-OH is 1. The lowest BCUT2D eigenvalue weighted by atomic mass is 9.92. The average molecular weight is 426 g/mol. The van der Waals surface area contributed by atoms with E-state index in [0.717, 1.165) is 28.0 Å². The summed E-state index contributed by atoms with van der Waals surface area (Å²) in [4.78, 5) is 26.0. The Labute approximate surface area is 180 Å². The second-order valence-electron chi connectivity index (χ2n) is 7.71. The molecule has 0 radical (unpaired) electrons. The highest BCUT2D eigenvalue weighted by molar-refractivity contribution is 6.03. The van der Waals surface area contributed by atoms with E-state index in [0.29, 0.717) is 31.9 Å². The Morgan fingerprint density at radius 3 is 2.77 bits per heavy atom. The van der Waals surface area contributed by atoms with Gasteiger partial charge >= 0.3 is 0 Å². The fourth-order valence-electron chi connectivity index (χ4n) is 3.69. The normalized spacial score (nSPS) is 23.2. The number of nitrogens with one attached hydrogen (secondary N) is 1. The number of carbonyl (C=O) groups is 1. The third-order valence-corrected chi connectivity index (χ3v) is 5.72. The number of amides is 1. The summed E-state index contributed by atoms with van der Waals surface area (Å²) in [7, 11) is 0. The predicted molar refractivity (Wildman–Crippen MR) is 112 cm³/mol. The SMILES string of the molecule is Cc1ccc(C2=NO[C@H]([C@H]3CO[C@H](CO)CO3)C2)c(CNC(=O)c2ccncn2)c1C. The minimum atomic E-state index is -0.289. The summed E-state index contributed by atoms with van der Waals surface area (Å²) < 4.78 is 11.4. The van der Waals surface area contributed by atoms with Crippen molar-refractivity contribution in [3.63, 3.8) is 0 Å². The van der Waals surface area contributed by atoms with Gasteiger partial charge in [-0.05, 0) is 36.6 Å². The molecule has 4 rings (SSSR count). The molecule has 3 atom stereocenters. The van der Waals surface area contributed by atoms with Gasteiger partial charge in [-0.25, -0.2) is 9.97 Å². The van der Waals surface area contributed by atoms with E-state index in [1.54, 1.807) is 6.07 Å². The van der Waals surface area contributed by atoms with E-state index < -0.39 is 0 Å². The van der Waals surface area contributed by atoms with E-state index in [2.05, 4.69) is 20.4 Å². The van der Waals surface area contributed by atoms with E-state index in [1.807, 2.05) is 26.0 Å². The van der Waals surface area contributed by atoms with Gasteiger partial charge in [0.15, 0.2) is 6.10 Å². The first-order valence-electron chi connectivity index (χ1n) is 10.3. The second kappa shape index (κ2) is 9.51. The summed E-state index contributed by atoms with van der Waals surface area (Å²) in [5.41, 5.74) is 5.29. The van der Waals surface area contributed by atoms with Crippen molar-refractivity contribution in [3.05, 3.63) is 58.7 Å². The molecule has 2 N–H and O–H groups in total. The number of aromatic nitrogens is 2. The Morgan fingerprint density at radius 2 is 2.06 bits per heavy atom. The molecule has 2 aromatic rings. The molecule has 164 valence electrons. The molecule has 2 aliphatic rings. The van der Waals surface area contributed by atoms with Crippen molar-refractivity contribution >= 4 is 11.6 Å². The Morgan fingerprint density at radius 1 is 1.19 bits per heavy atom. The molecular formula is C22H26N4O5. The third kappa shape index (κ3) is 4.73. The van der Waals surface area contributed by atoms with E-state index >= 15 is 0 Å². The van der Waals surface area contributed by atoms with Gasteiger partial charge in [-0.1, -0.05) is 17.3 Å². The molecule has 3 heterocycles. The minimum absolute atomic E-state index is 0.0628. The summed E-state index contributed by atoms with van der Waals surface area (Å²) in [6.45, 7) is 5.04. The zero-order valence-corrected chi connectivity index (χ0v) is 17.6. The number of nitrogens with zero attached hydrogens (tertiary/aromatic N) is 3. The van der Waals surface area contributed by atoms with Gasteiger partial charge in [0.05, 0.1) is 25.5 Å². The molecule has 1 aromatic carbocycles. The summed E-state index contributed by atoms with van der Waals surface area (Å²) in [5.74, 6) is -0.261. The Bertz CT molecular complexity index is 958. The van der Waals surface area contributed by atoms with Crippen LogP contribution in [0.1, 0.15) is 39.2 Å². The molecule has 0 bridgehead atoms. The first-order chi connectivity index (χ1) is 15.1. The highest BCUT2D eigenvalue weighted by Crippen LogP contribution is 2.27. The summed E-state index contributed by atoms with van der Waals surface area (Å²) in [5, 5.41) is 16.4. The molecule has 0 saturated carbocycles. The van der Waals surface area contributed by atoms with Gasteiger partial charge in [-0.15, -0.1) is 0 Å². The van der Waals surface area contributed by atoms with E-state index in [9.17, 15) is 9.90 Å². The van der Waals surface area contributed by atoms with Gasteiger partial charge in [-0.3, -0.25) is 4.79 Å². The number of aryl methyl sites for hydroxylation is 1. The summed E-state index contributed by atoms with van der Waals surface area (Å²) in [6.07, 6.45) is 2.69. The first-order valence-corrected chi connectivity index (χ1v) is 10.3. The zero-order chi connectivity index (χ0) is 21.8. The fraction of sp³-hybridized carbons (Fsp3) is 0.455. The molecule has 9 heteroatoms. The van der Waals surface area contributed by atoms with E-state index in [-0.39, 0.29) is 30.8 Å². The fourth-order valence-corrected chi connectivity index (χ4v) is 3.69. The number of ether oxygens (including phenoxy) is 2. The molecule has 1 saturated heterocycles. The van der Waals surface area contributed by atoms with Crippen LogP contribution in [0.2, 0.25) is 0 Å². The summed E-state index contributed by atoms with van der Waals surface area (Å²) >= 11 is 0. The highest BCUT2D eigenvalue weighted by atomic mass is 16.7. The standard InChI is InChI=1S/C22H26N4O5/c1-13-3-4-16(17(14(13)2)8-24-22(28)18-5-6-23-12-25-18)19-7-20(31-26-19)21-11-29-15(9-27)10-30-21/h3-6,12,15,20-21,27H,7-11H2,1-2H3,(H,24,28)/t15-,20+,21-/m1/s1. The van der Waals surface area contributed by atoms with Crippen LogP contribution in [0.15, 0.2) is 35.9 Å². The lowest BCUT2D eigenvalue weighted by Gasteiger charge is -2.30. The second-order valence-corrected chi connectivity index (χ2v) is 7.71. The molecule has 2 aliphatic heterocycles. The number of benzene rings is 1. The number of carbonyl (C=O) groups excluding carboxylic acids is 1. The molecule has 1 aromatic heterocycles. The molecule has 1 fully saturated rings. The molecule has 9 nitrogen and oxygen atoms in total. The smallest absolute Gasteiger partial charge is 0.270 e. The minimum Gasteiger partial charge on any atom is -0.394 e. The number of hydrogen-bond donors (Lipinski definition) is 2. The van der Waals surface area contributed by atoms with Crippen LogP contribution < -0.4 is 5.32 Å². The Kier molecular flexibility index (Phi) is 6.55. The van der Waals surface area contributed by atoms with Crippen molar-refractivity contribution in [1.82, 2.24) is 15.3 Å². The van der Waals surface area contributed by atoms with Crippen LogP contribution in [0, 0.1) is 13.8 Å². The number of rotatable bonds is 6. The topological polar surface area (TPSA) is 115 Å². The van der Waals surface area contributed by atoms with Crippen molar-refractivity contribution in [1.29, 1.82) is 0 Å². The lowest BCUT2D eigenvalue weighted by Crippen LogP contribution is -2.43. The van der Waals surface area contributed by atoms with Gasteiger partial charge < -0.3 is 24.7 Å². The molecule has 0 aliphatic carbocycles. The van der Waals surface area contributed by atoms with Gasteiger partial charge in [0.25, 0.3) is 5.91 Å². The number of oxime groups is 1. The van der Waals surface area contributed by atoms with Crippen LogP contribution in [0.5, 0.6) is 0 Å². The molecular weight excluding hydrogens is 400 g/mol.